The Hall–Kier alpha value is -1.59. The summed E-state index contributed by atoms with van der Waals surface area (Å²) in [5.74, 6) is -0.314. The molecule has 0 bridgehead atoms. The molecule has 0 aliphatic carbocycles. The molecule has 0 saturated heterocycles. The Morgan fingerprint density at radius 1 is 1.53 bits per heavy atom. The van der Waals surface area contributed by atoms with Crippen molar-refractivity contribution in [3.63, 3.8) is 0 Å². The lowest BCUT2D eigenvalue weighted by Gasteiger charge is -2.33. The van der Waals surface area contributed by atoms with Gasteiger partial charge in [-0.2, -0.15) is 0 Å². The molecular weight excluding hydrogens is 246 g/mol. The number of carboxylic acid groups (broad SMARTS) is 1. The first-order valence-electron chi connectivity index (χ1n) is 6.27. The summed E-state index contributed by atoms with van der Waals surface area (Å²) in [5.41, 5.74) is 0.596. The maximum absolute atomic E-state index is 10.9. The highest BCUT2D eigenvalue weighted by Gasteiger charge is 2.33. The number of rotatable bonds is 4. The lowest BCUT2D eigenvalue weighted by atomic mass is 9.97. The normalized spacial score (nSPS) is 18.5. The summed E-state index contributed by atoms with van der Waals surface area (Å²) in [6, 6.07) is 5.87. The first kappa shape index (κ1) is 13.8. The van der Waals surface area contributed by atoms with Crippen molar-refractivity contribution in [2.75, 3.05) is 20.2 Å². The first-order valence-corrected chi connectivity index (χ1v) is 6.27. The number of ether oxygens (including phenoxy) is 1. The van der Waals surface area contributed by atoms with Gasteiger partial charge in [-0.15, -0.1) is 0 Å². The maximum Gasteiger partial charge on any atom is 0.336 e. The fraction of sp³-hybridized carbons (Fsp3) is 0.500. The zero-order valence-electron chi connectivity index (χ0n) is 11.2. The minimum atomic E-state index is -1.71. The average Bonchev–Trinajstić information content (AvgIpc) is 2.37. The Balaban J connectivity index is 2.13. The molecule has 1 aliphatic rings. The summed E-state index contributed by atoms with van der Waals surface area (Å²) in [6.45, 7) is 2.81. The number of carbonyl (C=O) groups is 1. The number of methoxy groups -OCH3 is 1. The third-order valence-corrected chi connectivity index (χ3v) is 3.51. The molecule has 104 valence electrons. The van der Waals surface area contributed by atoms with Crippen molar-refractivity contribution in [2.24, 2.45) is 0 Å². The van der Waals surface area contributed by atoms with Gasteiger partial charge in [-0.25, -0.2) is 4.79 Å². The van der Waals surface area contributed by atoms with E-state index in [0.29, 0.717) is 6.54 Å². The quantitative estimate of drug-likeness (QED) is 0.846. The summed E-state index contributed by atoms with van der Waals surface area (Å²) >= 11 is 0. The van der Waals surface area contributed by atoms with Crippen LogP contribution in [0.25, 0.3) is 0 Å². The number of carboxylic acids is 1. The number of aliphatic hydroxyl groups is 1. The summed E-state index contributed by atoms with van der Waals surface area (Å²) in [4.78, 5) is 12.9. The number of hydrogen-bond acceptors (Lipinski definition) is 4. The molecule has 1 aromatic carbocycles. The Bertz CT molecular complexity index is 484. The molecule has 0 aromatic heterocycles. The molecule has 1 unspecified atom stereocenters. The van der Waals surface area contributed by atoms with Gasteiger partial charge in [-0.3, -0.25) is 4.90 Å². The van der Waals surface area contributed by atoms with E-state index in [1.807, 2.05) is 23.1 Å². The van der Waals surface area contributed by atoms with Gasteiger partial charge in [-0.05, 0) is 30.5 Å². The molecule has 5 heteroatoms. The standard InChI is InChI=1S/C14H19NO4/c1-14(18,13(16)17)9-15-7-6-11-10(8-15)4-3-5-12(11)19-2/h3-5,18H,6-9H2,1-2H3,(H,16,17). The van der Waals surface area contributed by atoms with Crippen molar-refractivity contribution in [2.45, 2.75) is 25.5 Å². The number of β-amino-alcohol motifs (C(OH)–C–C–N with tert-alkyl or cyclic N) is 1. The smallest absolute Gasteiger partial charge is 0.336 e. The van der Waals surface area contributed by atoms with Gasteiger partial charge in [0.2, 0.25) is 0 Å². The zero-order chi connectivity index (χ0) is 14.0. The first-order chi connectivity index (χ1) is 8.94. The van der Waals surface area contributed by atoms with Crippen LogP contribution in [0, 0.1) is 0 Å². The van der Waals surface area contributed by atoms with E-state index in [1.54, 1.807) is 7.11 Å². The second-order valence-electron chi connectivity index (χ2n) is 5.14. The van der Waals surface area contributed by atoms with E-state index in [-0.39, 0.29) is 6.54 Å². The van der Waals surface area contributed by atoms with Crippen molar-refractivity contribution < 1.29 is 19.7 Å². The lowest BCUT2D eigenvalue weighted by Crippen LogP contribution is -2.48. The van der Waals surface area contributed by atoms with Crippen LogP contribution in [-0.2, 0) is 17.8 Å². The topological polar surface area (TPSA) is 70.0 Å². The monoisotopic (exact) mass is 265 g/mol. The predicted molar refractivity (Wildman–Crippen MR) is 70.2 cm³/mol. The molecule has 1 atom stereocenters. The minimum Gasteiger partial charge on any atom is -0.496 e. The second kappa shape index (κ2) is 5.19. The van der Waals surface area contributed by atoms with E-state index in [0.717, 1.165) is 24.3 Å². The number of benzene rings is 1. The fourth-order valence-corrected chi connectivity index (χ4v) is 2.46. The Morgan fingerprint density at radius 2 is 2.26 bits per heavy atom. The van der Waals surface area contributed by atoms with Crippen molar-refractivity contribution in [3.8, 4) is 5.75 Å². The van der Waals surface area contributed by atoms with Crippen LogP contribution in [0.5, 0.6) is 5.75 Å². The lowest BCUT2D eigenvalue weighted by molar-refractivity contribution is -0.158. The summed E-state index contributed by atoms with van der Waals surface area (Å²) in [6.07, 6.45) is 0.801. The zero-order valence-corrected chi connectivity index (χ0v) is 11.2. The van der Waals surface area contributed by atoms with E-state index in [9.17, 15) is 9.90 Å². The van der Waals surface area contributed by atoms with Crippen molar-refractivity contribution in [1.29, 1.82) is 0 Å². The highest BCUT2D eigenvalue weighted by molar-refractivity contribution is 5.76. The van der Waals surface area contributed by atoms with E-state index >= 15 is 0 Å². The van der Waals surface area contributed by atoms with Gasteiger partial charge in [0, 0.05) is 19.6 Å². The summed E-state index contributed by atoms with van der Waals surface area (Å²) in [5, 5.41) is 18.8. The molecule has 1 heterocycles. The van der Waals surface area contributed by atoms with Gasteiger partial charge in [0.15, 0.2) is 5.60 Å². The number of nitrogens with zero attached hydrogens (tertiary/aromatic N) is 1. The average molecular weight is 265 g/mol. The molecular formula is C14H19NO4. The van der Waals surface area contributed by atoms with Gasteiger partial charge in [0.25, 0.3) is 0 Å². The van der Waals surface area contributed by atoms with Crippen LogP contribution in [-0.4, -0.2) is 46.9 Å². The Labute approximate surface area is 112 Å². The van der Waals surface area contributed by atoms with Crippen LogP contribution in [0.2, 0.25) is 0 Å². The van der Waals surface area contributed by atoms with Gasteiger partial charge < -0.3 is 14.9 Å². The fourth-order valence-electron chi connectivity index (χ4n) is 2.46. The second-order valence-corrected chi connectivity index (χ2v) is 5.14. The van der Waals surface area contributed by atoms with Gasteiger partial charge >= 0.3 is 5.97 Å². The van der Waals surface area contributed by atoms with E-state index in [4.69, 9.17) is 9.84 Å². The largest absolute Gasteiger partial charge is 0.496 e. The van der Waals surface area contributed by atoms with E-state index in [2.05, 4.69) is 0 Å². The molecule has 0 radical (unpaired) electrons. The third-order valence-electron chi connectivity index (χ3n) is 3.51. The highest BCUT2D eigenvalue weighted by atomic mass is 16.5. The summed E-state index contributed by atoms with van der Waals surface area (Å²) < 4.78 is 5.32. The van der Waals surface area contributed by atoms with Crippen LogP contribution >= 0.6 is 0 Å². The van der Waals surface area contributed by atoms with Crippen LogP contribution in [0.1, 0.15) is 18.1 Å². The molecule has 0 saturated carbocycles. The number of aliphatic carboxylic acids is 1. The SMILES string of the molecule is COc1cccc2c1CCN(CC(C)(O)C(=O)O)C2. The molecule has 0 fully saturated rings. The van der Waals surface area contributed by atoms with Gasteiger partial charge in [0.05, 0.1) is 7.11 Å². The molecule has 0 spiro atoms. The van der Waals surface area contributed by atoms with Crippen LogP contribution in [0.4, 0.5) is 0 Å². The van der Waals surface area contributed by atoms with Crippen LogP contribution < -0.4 is 4.74 Å². The van der Waals surface area contributed by atoms with Crippen molar-refractivity contribution in [1.82, 2.24) is 4.90 Å². The number of hydrogen-bond donors (Lipinski definition) is 2. The highest BCUT2D eigenvalue weighted by Crippen LogP contribution is 2.28. The maximum atomic E-state index is 10.9. The molecule has 1 aromatic rings. The van der Waals surface area contributed by atoms with Gasteiger partial charge in [0.1, 0.15) is 5.75 Å². The minimum absolute atomic E-state index is 0.124. The summed E-state index contributed by atoms with van der Waals surface area (Å²) in [7, 11) is 1.65. The Kier molecular flexibility index (Phi) is 3.78. The third kappa shape index (κ3) is 2.88. The van der Waals surface area contributed by atoms with Gasteiger partial charge in [-0.1, -0.05) is 12.1 Å². The van der Waals surface area contributed by atoms with E-state index in [1.165, 1.54) is 12.5 Å². The van der Waals surface area contributed by atoms with Crippen LogP contribution in [0.15, 0.2) is 18.2 Å². The number of fused-ring (bicyclic) bond motifs is 1. The van der Waals surface area contributed by atoms with Crippen LogP contribution in [0.3, 0.4) is 0 Å². The molecule has 5 nitrogen and oxygen atoms in total. The molecule has 2 rings (SSSR count). The molecule has 19 heavy (non-hydrogen) atoms. The van der Waals surface area contributed by atoms with Crippen molar-refractivity contribution in [3.05, 3.63) is 29.3 Å². The molecule has 0 amide bonds. The van der Waals surface area contributed by atoms with Crippen molar-refractivity contribution >= 4 is 5.97 Å². The molecule has 2 N–H and O–H groups in total. The van der Waals surface area contributed by atoms with E-state index < -0.39 is 11.6 Å². The Morgan fingerprint density at radius 3 is 2.89 bits per heavy atom. The predicted octanol–water partition coefficient (Wildman–Crippen LogP) is 0.889. The molecule has 1 aliphatic heterocycles.